The molecule has 0 fully saturated rings. The van der Waals surface area contributed by atoms with E-state index in [1.807, 2.05) is 0 Å². The third-order valence-corrected chi connectivity index (χ3v) is 2.06. The van der Waals surface area contributed by atoms with Gasteiger partial charge in [0.2, 0.25) is 11.9 Å². The molecule has 8 nitrogen and oxygen atoms in total. The summed E-state index contributed by atoms with van der Waals surface area (Å²) in [6, 6.07) is 0. The summed E-state index contributed by atoms with van der Waals surface area (Å²) >= 11 is 0. The minimum absolute atomic E-state index is 0.00328. The van der Waals surface area contributed by atoms with Crippen LogP contribution in [0.2, 0.25) is 0 Å². The molecule has 0 saturated heterocycles. The predicted octanol–water partition coefficient (Wildman–Crippen LogP) is -0.0423. The smallest absolute Gasteiger partial charge is 0.231 e. The van der Waals surface area contributed by atoms with Gasteiger partial charge in [0.25, 0.3) is 0 Å². The second-order valence-corrected chi connectivity index (χ2v) is 3.46. The zero-order valence-corrected chi connectivity index (χ0v) is 9.66. The van der Waals surface area contributed by atoms with Crippen molar-refractivity contribution in [3.8, 4) is 0 Å². The lowest BCUT2D eigenvalue weighted by Gasteiger charge is -2.04. The summed E-state index contributed by atoms with van der Waals surface area (Å²) in [5, 5.41) is 2.48. The van der Waals surface area contributed by atoms with Crippen molar-refractivity contribution in [2.24, 2.45) is 0 Å². The fraction of sp³-hybridized carbons (Fsp3) is 0.300. The number of nitrogens with zero attached hydrogens (tertiary/aromatic N) is 4. The van der Waals surface area contributed by atoms with Gasteiger partial charge in [-0.3, -0.25) is 14.7 Å². The van der Waals surface area contributed by atoms with Gasteiger partial charge in [0.05, 0.1) is 12.5 Å². The van der Waals surface area contributed by atoms with Crippen molar-refractivity contribution in [1.82, 2.24) is 19.5 Å². The number of imidazole rings is 1. The standard InChI is InChI=1S/C10H11N5O3/c1-7(17)13-10-11-4-8-9(14-10)15(5-12-8)6-18-3-2-16/h2,4-5H,3,6H2,1H3,(H,11,13,14,17). The zero-order valence-electron chi connectivity index (χ0n) is 9.66. The van der Waals surface area contributed by atoms with E-state index in [1.165, 1.54) is 19.4 Å². The Kier molecular flexibility index (Phi) is 3.58. The van der Waals surface area contributed by atoms with E-state index in [0.29, 0.717) is 17.5 Å². The normalized spacial score (nSPS) is 10.5. The molecule has 0 aliphatic heterocycles. The Morgan fingerprint density at radius 1 is 1.56 bits per heavy atom. The second kappa shape index (κ2) is 5.32. The summed E-state index contributed by atoms with van der Waals surface area (Å²) in [5.74, 6) is -0.0512. The Morgan fingerprint density at radius 3 is 3.11 bits per heavy atom. The molecule has 2 heterocycles. The Labute approximate surface area is 102 Å². The minimum atomic E-state index is -0.252. The van der Waals surface area contributed by atoms with Gasteiger partial charge in [-0.15, -0.1) is 0 Å². The Hall–Kier alpha value is -2.35. The summed E-state index contributed by atoms with van der Waals surface area (Å²) in [7, 11) is 0. The van der Waals surface area contributed by atoms with Crippen molar-refractivity contribution < 1.29 is 14.3 Å². The van der Waals surface area contributed by atoms with E-state index in [2.05, 4.69) is 20.3 Å². The summed E-state index contributed by atoms with van der Waals surface area (Å²) in [6.07, 6.45) is 3.70. The number of anilines is 1. The SMILES string of the molecule is CC(=O)Nc1ncc2ncn(COCC=O)c2n1. The van der Waals surface area contributed by atoms with Crippen LogP contribution in [0.15, 0.2) is 12.5 Å². The molecule has 94 valence electrons. The fourth-order valence-electron chi connectivity index (χ4n) is 1.37. The Bertz CT molecular complexity index is 580. The number of carbonyl (C=O) groups excluding carboxylic acids is 2. The largest absolute Gasteiger partial charge is 0.353 e. The van der Waals surface area contributed by atoms with Gasteiger partial charge < -0.3 is 9.53 Å². The van der Waals surface area contributed by atoms with Gasteiger partial charge in [0.1, 0.15) is 25.1 Å². The molecular formula is C10H11N5O3. The van der Waals surface area contributed by atoms with Crippen LogP contribution in [0.5, 0.6) is 0 Å². The van der Waals surface area contributed by atoms with Gasteiger partial charge in [0, 0.05) is 6.92 Å². The number of ether oxygens (including phenoxy) is 1. The lowest BCUT2D eigenvalue weighted by Crippen LogP contribution is -2.10. The van der Waals surface area contributed by atoms with Crippen LogP contribution in [0.4, 0.5) is 5.95 Å². The lowest BCUT2D eigenvalue weighted by atomic mass is 10.5. The molecule has 2 rings (SSSR count). The van der Waals surface area contributed by atoms with Crippen molar-refractivity contribution in [3.63, 3.8) is 0 Å². The summed E-state index contributed by atoms with van der Waals surface area (Å²) in [6.45, 7) is 1.53. The molecule has 0 unspecified atom stereocenters. The quantitative estimate of drug-likeness (QED) is 0.589. The van der Waals surface area contributed by atoms with Crippen LogP contribution in [-0.2, 0) is 21.1 Å². The number of amides is 1. The maximum Gasteiger partial charge on any atom is 0.231 e. The summed E-state index contributed by atoms with van der Waals surface area (Å²) < 4.78 is 6.68. The van der Waals surface area contributed by atoms with E-state index in [4.69, 9.17) is 4.74 Å². The monoisotopic (exact) mass is 249 g/mol. The highest BCUT2D eigenvalue weighted by Gasteiger charge is 2.07. The molecule has 2 aromatic heterocycles. The van der Waals surface area contributed by atoms with Crippen LogP contribution in [0.25, 0.3) is 11.2 Å². The summed E-state index contributed by atoms with van der Waals surface area (Å²) in [5.41, 5.74) is 1.11. The zero-order chi connectivity index (χ0) is 13.0. The van der Waals surface area contributed by atoms with Crippen LogP contribution in [0, 0.1) is 0 Å². The molecule has 8 heteroatoms. The Morgan fingerprint density at radius 2 is 2.39 bits per heavy atom. The molecule has 0 atom stereocenters. The van der Waals surface area contributed by atoms with Crippen LogP contribution in [-0.4, -0.2) is 38.3 Å². The van der Waals surface area contributed by atoms with Crippen LogP contribution >= 0.6 is 0 Å². The maximum absolute atomic E-state index is 10.9. The first-order valence-electron chi connectivity index (χ1n) is 5.17. The van der Waals surface area contributed by atoms with Crippen molar-refractivity contribution in [1.29, 1.82) is 0 Å². The van der Waals surface area contributed by atoms with Crippen molar-refractivity contribution in [2.45, 2.75) is 13.7 Å². The van der Waals surface area contributed by atoms with Gasteiger partial charge in [-0.1, -0.05) is 0 Å². The molecule has 0 aromatic carbocycles. The van der Waals surface area contributed by atoms with Crippen LogP contribution < -0.4 is 5.32 Å². The molecular weight excluding hydrogens is 238 g/mol. The predicted molar refractivity (Wildman–Crippen MR) is 61.6 cm³/mol. The molecule has 18 heavy (non-hydrogen) atoms. The van der Waals surface area contributed by atoms with E-state index in [-0.39, 0.29) is 25.2 Å². The molecule has 0 aliphatic rings. The van der Waals surface area contributed by atoms with Crippen molar-refractivity contribution in [2.75, 3.05) is 11.9 Å². The molecule has 1 amide bonds. The molecule has 1 N–H and O–H groups in total. The van der Waals surface area contributed by atoms with E-state index in [1.54, 1.807) is 4.57 Å². The second-order valence-electron chi connectivity index (χ2n) is 3.46. The van der Waals surface area contributed by atoms with Crippen molar-refractivity contribution >= 4 is 29.3 Å². The van der Waals surface area contributed by atoms with Gasteiger partial charge in [-0.2, -0.15) is 4.98 Å². The van der Waals surface area contributed by atoms with Gasteiger partial charge >= 0.3 is 0 Å². The number of fused-ring (bicyclic) bond motifs is 1. The maximum atomic E-state index is 10.9. The van der Waals surface area contributed by atoms with E-state index in [0.717, 1.165) is 0 Å². The third-order valence-electron chi connectivity index (χ3n) is 2.06. The number of nitrogens with one attached hydrogen (secondary N) is 1. The highest BCUT2D eigenvalue weighted by molar-refractivity contribution is 5.87. The average molecular weight is 249 g/mol. The lowest BCUT2D eigenvalue weighted by molar-refractivity contribution is -0.114. The van der Waals surface area contributed by atoms with Crippen LogP contribution in [0.3, 0.4) is 0 Å². The first kappa shape index (κ1) is 12.1. The number of aldehydes is 1. The highest BCUT2D eigenvalue weighted by Crippen LogP contribution is 2.11. The molecule has 0 bridgehead atoms. The number of rotatable bonds is 5. The molecule has 0 saturated carbocycles. The van der Waals surface area contributed by atoms with E-state index < -0.39 is 0 Å². The van der Waals surface area contributed by atoms with Gasteiger partial charge in [-0.25, -0.2) is 9.97 Å². The minimum Gasteiger partial charge on any atom is -0.353 e. The number of hydrogen-bond acceptors (Lipinski definition) is 6. The fourth-order valence-corrected chi connectivity index (χ4v) is 1.37. The highest BCUT2D eigenvalue weighted by atomic mass is 16.5. The van der Waals surface area contributed by atoms with Crippen molar-refractivity contribution in [3.05, 3.63) is 12.5 Å². The van der Waals surface area contributed by atoms with E-state index >= 15 is 0 Å². The van der Waals surface area contributed by atoms with E-state index in [9.17, 15) is 9.59 Å². The Balaban J connectivity index is 2.25. The summed E-state index contributed by atoms with van der Waals surface area (Å²) in [4.78, 5) is 33.2. The topological polar surface area (TPSA) is 99.0 Å². The number of carbonyl (C=O) groups is 2. The number of aromatic nitrogens is 4. The molecule has 2 aromatic rings. The first-order valence-corrected chi connectivity index (χ1v) is 5.17. The average Bonchev–Trinajstić information content (AvgIpc) is 2.72. The van der Waals surface area contributed by atoms with Crippen LogP contribution in [0.1, 0.15) is 6.92 Å². The van der Waals surface area contributed by atoms with Gasteiger partial charge in [-0.05, 0) is 0 Å². The number of hydrogen-bond donors (Lipinski definition) is 1. The third kappa shape index (κ3) is 2.66. The van der Waals surface area contributed by atoms with Gasteiger partial charge in [0.15, 0.2) is 5.65 Å². The first-order chi connectivity index (χ1) is 8.70. The molecule has 0 spiro atoms. The molecule has 0 radical (unpaired) electrons. The molecule has 0 aliphatic carbocycles.